The van der Waals surface area contributed by atoms with Gasteiger partial charge in [-0.1, -0.05) is 0 Å². The third-order valence-electron chi connectivity index (χ3n) is 2.45. The van der Waals surface area contributed by atoms with E-state index in [1.54, 1.807) is 0 Å². The molecule has 0 aromatic heterocycles. The summed E-state index contributed by atoms with van der Waals surface area (Å²) in [6.45, 7) is 2.54. The molecular formula is C8H14FNS. The van der Waals surface area contributed by atoms with E-state index in [1.807, 2.05) is 11.8 Å². The van der Waals surface area contributed by atoms with Crippen molar-refractivity contribution >= 4 is 11.8 Å². The van der Waals surface area contributed by atoms with Crippen LogP contribution in [0.3, 0.4) is 0 Å². The highest BCUT2D eigenvalue weighted by Crippen LogP contribution is 2.25. The number of hydrogen-bond donors (Lipinski definition) is 0. The van der Waals surface area contributed by atoms with E-state index in [2.05, 4.69) is 4.90 Å². The van der Waals surface area contributed by atoms with Crippen LogP contribution in [0.1, 0.15) is 6.42 Å². The van der Waals surface area contributed by atoms with Crippen molar-refractivity contribution in [3.63, 3.8) is 0 Å². The molecule has 0 aliphatic carbocycles. The summed E-state index contributed by atoms with van der Waals surface area (Å²) in [5.74, 6) is 3.47. The number of halogens is 1. The van der Waals surface area contributed by atoms with E-state index in [1.165, 1.54) is 17.9 Å². The van der Waals surface area contributed by atoms with Crippen molar-refractivity contribution in [1.82, 2.24) is 4.90 Å². The molecule has 0 N–H and O–H groups in total. The van der Waals surface area contributed by atoms with Crippen LogP contribution in [0.25, 0.3) is 0 Å². The van der Waals surface area contributed by atoms with Crippen molar-refractivity contribution in [2.75, 3.05) is 31.1 Å². The van der Waals surface area contributed by atoms with Crippen LogP contribution < -0.4 is 0 Å². The third-order valence-corrected chi connectivity index (χ3v) is 3.68. The Kier molecular flexibility index (Phi) is 2.37. The van der Waals surface area contributed by atoms with Gasteiger partial charge in [0.15, 0.2) is 0 Å². The number of nitrogens with zero attached hydrogens (tertiary/aromatic N) is 1. The Balaban J connectivity index is 1.66. The van der Waals surface area contributed by atoms with Gasteiger partial charge >= 0.3 is 0 Å². The summed E-state index contributed by atoms with van der Waals surface area (Å²) in [6, 6.07) is 0. The SMILES string of the molecule is FC1CN(CC2CCSC2)C1. The molecule has 2 aliphatic heterocycles. The number of likely N-dealkylation sites (tertiary alicyclic amines) is 1. The molecule has 2 aliphatic rings. The van der Waals surface area contributed by atoms with Crippen LogP contribution in [0, 0.1) is 5.92 Å². The maximum atomic E-state index is 12.4. The van der Waals surface area contributed by atoms with Gasteiger partial charge < -0.3 is 0 Å². The highest BCUT2D eigenvalue weighted by molar-refractivity contribution is 7.99. The molecule has 2 saturated heterocycles. The Bertz CT molecular complexity index is 130. The van der Waals surface area contributed by atoms with Gasteiger partial charge in [0.25, 0.3) is 0 Å². The summed E-state index contributed by atoms with van der Waals surface area (Å²) in [5.41, 5.74) is 0. The molecular weight excluding hydrogens is 161 g/mol. The summed E-state index contributed by atoms with van der Waals surface area (Å²) < 4.78 is 12.4. The lowest BCUT2D eigenvalue weighted by atomic mass is 10.1. The summed E-state index contributed by atoms with van der Waals surface area (Å²) >= 11 is 2.04. The van der Waals surface area contributed by atoms with Gasteiger partial charge in [0.1, 0.15) is 6.17 Å². The Morgan fingerprint density at radius 2 is 2.27 bits per heavy atom. The number of alkyl halides is 1. The van der Waals surface area contributed by atoms with Crippen LogP contribution in [-0.2, 0) is 0 Å². The zero-order valence-electron chi connectivity index (χ0n) is 6.63. The maximum absolute atomic E-state index is 12.4. The van der Waals surface area contributed by atoms with Crippen LogP contribution in [0.15, 0.2) is 0 Å². The quantitative estimate of drug-likeness (QED) is 0.624. The lowest BCUT2D eigenvalue weighted by Gasteiger charge is -2.35. The Morgan fingerprint density at radius 1 is 1.45 bits per heavy atom. The normalized spacial score (nSPS) is 34.1. The second-order valence-electron chi connectivity index (χ2n) is 3.55. The Morgan fingerprint density at radius 3 is 2.82 bits per heavy atom. The molecule has 0 aromatic carbocycles. The fraction of sp³-hybridized carbons (Fsp3) is 1.00. The van der Waals surface area contributed by atoms with Gasteiger partial charge in [0.2, 0.25) is 0 Å². The van der Waals surface area contributed by atoms with Gasteiger partial charge in [-0.2, -0.15) is 11.8 Å². The fourth-order valence-corrected chi connectivity index (χ4v) is 3.02. The lowest BCUT2D eigenvalue weighted by molar-refractivity contribution is 0.0547. The first-order valence-corrected chi connectivity index (χ1v) is 5.44. The van der Waals surface area contributed by atoms with Crippen molar-refractivity contribution < 1.29 is 4.39 Å². The highest BCUT2D eigenvalue weighted by atomic mass is 32.2. The summed E-state index contributed by atoms with van der Waals surface area (Å²) in [7, 11) is 0. The molecule has 11 heavy (non-hydrogen) atoms. The molecule has 2 rings (SSSR count). The summed E-state index contributed by atoms with van der Waals surface area (Å²) in [5, 5.41) is 0. The predicted molar refractivity (Wildman–Crippen MR) is 46.8 cm³/mol. The van der Waals surface area contributed by atoms with Gasteiger partial charge in [-0.25, -0.2) is 4.39 Å². The van der Waals surface area contributed by atoms with E-state index < -0.39 is 6.17 Å². The van der Waals surface area contributed by atoms with Crippen molar-refractivity contribution in [2.24, 2.45) is 5.92 Å². The van der Waals surface area contributed by atoms with E-state index in [4.69, 9.17) is 0 Å². The molecule has 0 aromatic rings. The minimum absolute atomic E-state index is 0.524. The van der Waals surface area contributed by atoms with Crippen molar-refractivity contribution in [2.45, 2.75) is 12.6 Å². The molecule has 64 valence electrons. The molecule has 0 amide bonds. The first-order chi connectivity index (χ1) is 5.34. The van der Waals surface area contributed by atoms with E-state index in [-0.39, 0.29) is 0 Å². The fourth-order valence-electron chi connectivity index (χ4n) is 1.75. The second kappa shape index (κ2) is 3.31. The van der Waals surface area contributed by atoms with Crippen LogP contribution >= 0.6 is 11.8 Å². The van der Waals surface area contributed by atoms with Crippen molar-refractivity contribution in [1.29, 1.82) is 0 Å². The molecule has 1 atom stereocenters. The van der Waals surface area contributed by atoms with Gasteiger partial charge in [0, 0.05) is 19.6 Å². The predicted octanol–water partition coefficient (Wildman–Crippen LogP) is 1.39. The van der Waals surface area contributed by atoms with Gasteiger partial charge in [-0.15, -0.1) is 0 Å². The van der Waals surface area contributed by atoms with E-state index in [0.29, 0.717) is 13.1 Å². The molecule has 0 radical (unpaired) electrons. The van der Waals surface area contributed by atoms with E-state index in [0.717, 1.165) is 12.5 Å². The van der Waals surface area contributed by atoms with E-state index >= 15 is 0 Å². The summed E-state index contributed by atoms with van der Waals surface area (Å²) in [4.78, 5) is 2.24. The summed E-state index contributed by atoms with van der Waals surface area (Å²) in [6.07, 6.45) is 0.821. The first-order valence-electron chi connectivity index (χ1n) is 4.29. The first kappa shape index (κ1) is 7.87. The zero-order chi connectivity index (χ0) is 7.68. The number of hydrogen-bond acceptors (Lipinski definition) is 2. The minimum atomic E-state index is -0.524. The second-order valence-corrected chi connectivity index (χ2v) is 4.70. The van der Waals surface area contributed by atoms with Crippen molar-refractivity contribution in [3.05, 3.63) is 0 Å². The topological polar surface area (TPSA) is 3.24 Å². The molecule has 1 unspecified atom stereocenters. The molecule has 1 nitrogen and oxygen atoms in total. The minimum Gasteiger partial charge on any atom is -0.297 e. The monoisotopic (exact) mass is 175 g/mol. The third kappa shape index (κ3) is 1.88. The standard InChI is InChI=1S/C8H14FNS/c9-8-4-10(5-8)3-7-1-2-11-6-7/h7-8H,1-6H2. The van der Waals surface area contributed by atoms with Gasteiger partial charge in [0.05, 0.1) is 0 Å². The van der Waals surface area contributed by atoms with Crippen LogP contribution in [0.5, 0.6) is 0 Å². The number of thioether (sulfide) groups is 1. The van der Waals surface area contributed by atoms with Crippen LogP contribution in [0.2, 0.25) is 0 Å². The largest absolute Gasteiger partial charge is 0.297 e. The van der Waals surface area contributed by atoms with Crippen molar-refractivity contribution in [3.8, 4) is 0 Å². The Hall–Kier alpha value is 0.240. The molecule has 2 fully saturated rings. The number of rotatable bonds is 2. The average molecular weight is 175 g/mol. The lowest BCUT2D eigenvalue weighted by Crippen LogP contribution is -2.50. The van der Waals surface area contributed by atoms with Crippen LogP contribution in [-0.4, -0.2) is 42.2 Å². The smallest absolute Gasteiger partial charge is 0.125 e. The molecule has 0 spiro atoms. The van der Waals surface area contributed by atoms with E-state index in [9.17, 15) is 4.39 Å². The van der Waals surface area contributed by atoms with Gasteiger partial charge in [-0.05, 0) is 23.8 Å². The van der Waals surface area contributed by atoms with Crippen LogP contribution in [0.4, 0.5) is 4.39 Å². The molecule has 0 saturated carbocycles. The molecule has 2 heterocycles. The average Bonchev–Trinajstić information content (AvgIpc) is 2.36. The van der Waals surface area contributed by atoms with Gasteiger partial charge in [-0.3, -0.25) is 4.90 Å². The Labute approximate surface area is 71.3 Å². The molecule has 3 heteroatoms. The molecule has 0 bridgehead atoms. The highest BCUT2D eigenvalue weighted by Gasteiger charge is 2.28. The zero-order valence-corrected chi connectivity index (χ0v) is 7.45. The maximum Gasteiger partial charge on any atom is 0.125 e.